The summed E-state index contributed by atoms with van der Waals surface area (Å²) in [6.07, 6.45) is 4.96. The van der Waals surface area contributed by atoms with Crippen molar-refractivity contribution >= 4 is 18.1 Å². The van der Waals surface area contributed by atoms with Gasteiger partial charge in [0, 0.05) is 6.07 Å². The maximum atomic E-state index is 12.1. The van der Waals surface area contributed by atoms with Crippen LogP contribution >= 0.6 is 0 Å². The first-order valence-corrected chi connectivity index (χ1v) is 7.02. The minimum absolute atomic E-state index is 0.213. The third-order valence-corrected chi connectivity index (χ3v) is 3.21. The molecule has 0 bridgehead atoms. The molecule has 2 rings (SSSR count). The van der Waals surface area contributed by atoms with E-state index in [1.54, 1.807) is 37.6 Å². The molecule has 0 saturated heterocycles. The number of pyridine rings is 2. The van der Waals surface area contributed by atoms with E-state index in [1.165, 1.54) is 27.4 Å². The van der Waals surface area contributed by atoms with Crippen molar-refractivity contribution in [3.63, 3.8) is 0 Å². The number of carbonyl (C=O) groups excluding carboxylic acids is 1. The highest BCUT2D eigenvalue weighted by atomic mass is 16.5. The van der Waals surface area contributed by atoms with Gasteiger partial charge in [-0.15, -0.1) is 0 Å². The average molecular weight is 330 g/mol. The van der Waals surface area contributed by atoms with Crippen molar-refractivity contribution in [2.75, 3.05) is 28.4 Å². The fourth-order valence-electron chi connectivity index (χ4n) is 1.99. The smallest absolute Gasteiger partial charge is 0.343 e. The fraction of sp³-hybridized carbons (Fsp3) is 0.235. The first-order valence-electron chi connectivity index (χ1n) is 7.02. The van der Waals surface area contributed by atoms with Crippen LogP contribution in [0, 0.1) is 0 Å². The number of ether oxygens (including phenoxy) is 4. The van der Waals surface area contributed by atoms with E-state index in [4.69, 9.17) is 18.9 Å². The number of nitrogens with zero attached hydrogens (tertiary/aromatic N) is 2. The SMILES string of the molecule is COC(=O)c1c(OC)cc(OC)nc1C=Cc1ccc(OC)cn1. The molecule has 0 spiro atoms. The van der Waals surface area contributed by atoms with Gasteiger partial charge in [0.15, 0.2) is 0 Å². The van der Waals surface area contributed by atoms with Crippen molar-refractivity contribution in [2.45, 2.75) is 0 Å². The number of rotatable bonds is 6. The van der Waals surface area contributed by atoms with Crippen LogP contribution in [0.25, 0.3) is 12.2 Å². The lowest BCUT2D eigenvalue weighted by Crippen LogP contribution is -2.09. The second-order valence-electron chi connectivity index (χ2n) is 4.57. The molecule has 0 aromatic carbocycles. The predicted octanol–water partition coefficient (Wildman–Crippen LogP) is 2.46. The standard InChI is InChI=1S/C17H18N2O5/c1-21-12-7-5-11(18-10-12)6-8-13-16(17(20)24-4)14(22-2)9-15(19-13)23-3/h5-10H,1-4H3. The summed E-state index contributed by atoms with van der Waals surface area (Å²) in [5, 5.41) is 0. The zero-order chi connectivity index (χ0) is 17.5. The van der Waals surface area contributed by atoms with Crippen LogP contribution in [-0.2, 0) is 4.74 Å². The number of hydrogen-bond acceptors (Lipinski definition) is 7. The van der Waals surface area contributed by atoms with Gasteiger partial charge in [0.05, 0.1) is 46.0 Å². The number of methoxy groups -OCH3 is 4. The molecule has 0 amide bonds. The maximum Gasteiger partial charge on any atom is 0.343 e. The molecule has 0 atom stereocenters. The van der Waals surface area contributed by atoms with Crippen LogP contribution in [0.1, 0.15) is 21.7 Å². The van der Waals surface area contributed by atoms with Crippen LogP contribution < -0.4 is 14.2 Å². The molecule has 2 heterocycles. The molecule has 0 aliphatic heterocycles. The van der Waals surface area contributed by atoms with Crippen molar-refractivity contribution in [1.82, 2.24) is 9.97 Å². The van der Waals surface area contributed by atoms with E-state index >= 15 is 0 Å². The summed E-state index contributed by atoms with van der Waals surface area (Å²) in [4.78, 5) is 20.6. The normalized spacial score (nSPS) is 10.5. The van der Waals surface area contributed by atoms with Gasteiger partial charge in [-0.25, -0.2) is 9.78 Å². The molecular formula is C17H18N2O5. The Bertz CT molecular complexity index is 741. The zero-order valence-corrected chi connectivity index (χ0v) is 13.9. The molecule has 0 N–H and O–H groups in total. The molecule has 0 radical (unpaired) electrons. The lowest BCUT2D eigenvalue weighted by molar-refractivity contribution is 0.0596. The molecular weight excluding hydrogens is 312 g/mol. The maximum absolute atomic E-state index is 12.1. The Morgan fingerprint density at radius 3 is 2.38 bits per heavy atom. The minimum Gasteiger partial charge on any atom is -0.496 e. The highest BCUT2D eigenvalue weighted by molar-refractivity contribution is 5.97. The Morgan fingerprint density at radius 2 is 1.83 bits per heavy atom. The molecule has 0 fully saturated rings. The Labute approximate surface area is 139 Å². The van der Waals surface area contributed by atoms with Gasteiger partial charge in [0.1, 0.15) is 17.1 Å². The van der Waals surface area contributed by atoms with Gasteiger partial charge in [-0.1, -0.05) is 0 Å². The van der Waals surface area contributed by atoms with Gasteiger partial charge in [-0.3, -0.25) is 4.98 Å². The van der Waals surface area contributed by atoms with E-state index in [1.807, 2.05) is 0 Å². The molecule has 0 aliphatic rings. The van der Waals surface area contributed by atoms with Gasteiger partial charge < -0.3 is 18.9 Å². The van der Waals surface area contributed by atoms with Crippen LogP contribution in [-0.4, -0.2) is 44.4 Å². The van der Waals surface area contributed by atoms with E-state index in [0.717, 1.165) is 0 Å². The average Bonchev–Trinajstić information content (AvgIpc) is 2.65. The zero-order valence-electron chi connectivity index (χ0n) is 13.9. The van der Waals surface area contributed by atoms with E-state index in [2.05, 4.69) is 9.97 Å². The van der Waals surface area contributed by atoms with E-state index in [0.29, 0.717) is 28.8 Å². The van der Waals surface area contributed by atoms with Crippen LogP contribution in [0.5, 0.6) is 17.4 Å². The summed E-state index contributed by atoms with van der Waals surface area (Å²) in [6, 6.07) is 5.09. The van der Waals surface area contributed by atoms with Crippen molar-refractivity contribution in [1.29, 1.82) is 0 Å². The third-order valence-electron chi connectivity index (χ3n) is 3.21. The van der Waals surface area contributed by atoms with E-state index in [-0.39, 0.29) is 5.56 Å². The quantitative estimate of drug-likeness (QED) is 0.753. The van der Waals surface area contributed by atoms with Gasteiger partial charge in [0.2, 0.25) is 5.88 Å². The first-order chi connectivity index (χ1) is 11.6. The molecule has 0 saturated carbocycles. The van der Waals surface area contributed by atoms with Gasteiger partial charge in [-0.05, 0) is 24.3 Å². The predicted molar refractivity (Wildman–Crippen MR) is 88.4 cm³/mol. The molecule has 24 heavy (non-hydrogen) atoms. The fourth-order valence-corrected chi connectivity index (χ4v) is 1.99. The lowest BCUT2D eigenvalue weighted by atomic mass is 10.1. The molecule has 0 unspecified atom stereocenters. The summed E-state index contributed by atoms with van der Waals surface area (Å²) < 4.78 is 20.3. The van der Waals surface area contributed by atoms with Crippen molar-refractivity contribution < 1.29 is 23.7 Å². The Morgan fingerprint density at radius 1 is 1.04 bits per heavy atom. The number of esters is 1. The molecule has 2 aromatic rings. The Hall–Kier alpha value is -3.09. The van der Waals surface area contributed by atoms with Crippen LogP contribution in [0.4, 0.5) is 0 Å². The molecule has 126 valence electrons. The van der Waals surface area contributed by atoms with E-state index < -0.39 is 5.97 Å². The largest absolute Gasteiger partial charge is 0.496 e. The van der Waals surface area contributed by atoms with Crippen molar-refractivity contribution in [3.8, 4) is 17.4 Å². The van der Waals surface area contributed by atoms with Crippen molar-refractivity contribution in [3.05, 3.63) is 41.3 Å². The highest BCUT2D eigenvalue weighted by Crippen LogP contribution is 2.28. The number of hydrogen-bond donors (Lipinski definition) is 0. The Balaban J connectivity index is 2.45. The van der Waals surface area contributed by atoms with Gasteiger partial charge in [-0.2, -0.15) is 0 Å². The minimum atomic E-state index is -0.552. The second kappa shape index (κ2) is 7.96. The van der Waals surface area contributed by atoms with Gasteiger partial charge >= 0.3 is 5.97 Å². The molecule has 7 nitrogen and oxygen atoms in total. The lowest BCUT2D eigenvalue weighted by Gasteiger charge is -2.11. The summed E-state index contributed by atoms with van der Waals surface area (Å²) in [7, 11) is 5.81. The highest BCUT2D eigenvalue weighted by Gasteiger charge is 2.20. The Kier molecular flexibility index (Phi) is 5.73. The van der Waals surface area contributed by atoms with Crippen LogP contribution in [0.2, 0.25) is 0 Å². The van der Waals surface area contributed by atoms with Gasteiger partial charge in [0.25, 0.3) is 0 Å². The topological polar surface area (TPSA) is 79.8 Å². The van der Waals surface area contributed by atoms with Crippen molar-refractivity contribution in [2.24, 2.45) is 0 Å². The summed E-state index contributed by atoms with van der Waals surface area (Å²) >= 11 is 0. The molecule has 0 aliphatic carbocycles. The summed E-state index contributed by atoms with van der Waals surface area (Å²) in [5.74, 6) is 0.741. The summed E-state index contributed by atoms with van der Waals surface area (Å²) in [6.45, 7) is 0. The van der Waals surface area contributed by atoms with Crippen LogP contribution in [0.3, 0.4) is 0 Å². The first kappa shape index (κ1) is 17.3. The number of aromatic nitrogens is 2. The monoisotopic (exact) mass is 330 g/mol. The van der Waals surface area contributed by atoms with Crippen LogP contribution in [0.15, 0.2) is 24.4 Å². The second-order valence-corrected chi connectivity index (χ2v) is 4.57. The number of carbonyl (C=O) groups is 1. The third kappa shape index (κ3) is 3.81. The molecule has 2 aromatic heterocycles. The molecule has 7 heteroatoms. The van der Waals surface area contributed by atoms with E-state index in [9.17, 15) is 4.79 Å². The summed E-state index contributed by atoms with van der Waals surface area (Å²) in [5.41, 5.74) is 1.25.